The molecular formula is C28H27F3N2O. The van der Waals surface area contributed by atoms with E-state index in [2.05, 4.69) is 19.2 Å². The van der Waals surface area contributed by atoms with E-state index in [1.165, 1.54) is 12.1 Å². The Morgan fingerprint density at radius 2 is 1.59 bits per heavy atom. The van der Waals surface area contributed by atoms with Gasteiger partial charge in [0.25, 0.3) is 0 Å². The van der Waals surface area contributed by atoms with Crippen molar-refractivity contribution in [2.24, 2.45) is 5.92 Å². The number of hydrogen-bond donors (Lipinski definition) is 1. The van der Waals surface area contributed by atoms with Gasteiger partial charge in [0.1, 0.15) is 0 Å². The highest BCUT2D eigenvalue weighted by atomic mass is 19.4. The van der Waals surface area contributed by atoms with Crippen LogP contribution in [0.1, 0.15) is 42.5 Å². The van der Waals surface area contributed by atoms with Crippen molar-refractivity contribution in [3.63, 3.8) is 0 Å². The van der Waals surface area contributed by atoms with Gasteiger partial charge in [-0.15, -0.1) is 0 Å². The van der Waals surface area contributed by atoms with Crippen LogP contribution in [0.25, 0.3) is 11.6 Å². The van der Waals surface area contributed by atoms with Crippen LogP contribution in [-0.2, 0) is 12.7 Å². The maximum absolute atomic E-state index is 13.4. The van der Waals surface area contributed by atoms with Gasteiger partial charge in [0.15, 0.2) is 0 Å². The Bertz CT molecular complexity index is 1170. The molecule has 1 N–H and O–H groups in total. The number of nitrogens with one attached hydrogen (secondary N) is 1. The molecule has 0 saturated heterocycles. The van der Waals surface area contributed by atoms with E-state index in [9.17, 15) is 18.0 Å². The number of halogens is 3. The molecular weight excluding hydrogens is 437 g/mol. The molecule has 0 saturated carbocycles. The van der Waals surface area contributed by atoms with E-state index in [-0.39, 0.29) is 18.0 Å². The van der Waals surface area contributed by atoms with E-state index in [1.807, 2.05) is 65.6 Å². The molecule has 0 fully saturated rings. The number of benzene rings is 3. The lowest BCUT2D eigenvalue weighted by atomic mass is 9.89. The van der Waals surface area contributed by atoms with Gasteiger partial charge in [0.2, 0.25) is 0 Å². The predicted molar refractivity (Wildman–Crippen MR) is 130 cm³/mol. The Morgan fingerprint density at radius 1 is 0.941 bits per heavy atom. The Kier molecular flexibility index (Phi) is 6.77. The molecule has 1 unspecified atom stereocenters. The van der Waals surface area contributed by atoms with Crippen LogP contribution < -0.4 is 5.32 Å². The molecule has 6 heteroatoms. The van der Waals surface area contributed by atoms with Gasteiger partial charge in [-0.05, 0) is 53.3 Å². The minimum atomic E-state index is -4.39. The summed E-state index contributed by atoms with van der Waals surface area (Å²) in [5, 5.41) is 3.04. The SMILES string of the molecule is CC(C)CC1/C(=C\c2ccc(C(F)(F)F)cc2)c2ccccc2NC(=O)N1Cc1ccccc1. The Labute approximate surface area is 197 Å². The molecule has 34 heavy (non-hydrogen) atoms. The largest absolute Gasteiger partial charge is 0.416 e. The number of nitrogens with zero attached hydrogens (tertiary/aromatic N) is 1. The summed E-state index contributed by atoms with van der Waals surface area (Å²) in [6.45, 7) is 4.62. The van der Waals surface area contributed by atoms with Crippen molar-refractivity contribution in [1.29, 1.82) is 0 Å². The minimum Gasteiger partial charge on any atom is -0.313 e. The molecule has 1 aliphatic rings. The van der Waals surface area contributed by atoms with Gasteiger partial charge < -0.3 is 10.2 Å². The Balaban J connectivity index is 1.83. The molecule has 176 valence electrons. The first kappa shape index (κ1) is 23.6. The number of rotatable bonds is 5. The quantitative estimate of drug-likeness (QED) is 0.412. The maximum atomic E-state index is 13.4. The number of para-hydroxylation sites is 1. The number of carbonyl (C=O) groups is 1. The highest BCUT2D eigenvalue weighted by molar-refractivity contribution is 6.00. The lowest BCUT2D eigenvalue weighted by Gasteiger charge is -2.33. The van der Waals surface area contributed by atoms with Crippen molar-refractivity contribution in [3.05, 3.63) is 101 Å². The van der Waals surface area contributed by atoms with Crippen LogP contribution in [0.3, 0.4) is 0 Å². The van der Waals surface area contributed by atoms with Crippen LogP contribution in [0.2, 0.25) is 0 Å². The second kappa shape index (κ2) is 9.75. The molecule has 1 atom stereocenters. The van der Waals surface area contributed by atoms with E-state index >= 15 is 0 Å². The molecule has 3 nitrogen and oxygen atoms in total. The lowest BCUT2D eigenvalue weighted by Crippen LogP contribution is -2.42. The number of fused-ring (bicyclic) bond motifs is 1. The van der Waals surface area contributed by atoms with Crippen molar-refractivity contribution < 1.29 is 18.0 Å². The third kappa shape index (κ3) is 5.33. The van der Waals surface area contributed by atoms with Gasteiger partial charge in [0.05, 0.1) is 11.6 Å². The Hall–Kier alpha value is -3.54. The van der Waals surface area contributed by atoms with Crippen LogP contribution in [0.4, 0.5) is 23.7 Å². The zero-order chi connectivity index (χ0) is 24.3. The standard InChI is InChI=1S/C28H27F3N2O/c1-19(2)16-26-24(17-20-12-14-22(15-13-20)28(29,30)31)23-10-6-7-11-25(23)32-27(34)33(26)18-21-8-4-3-5-9-21/h3-15,17,19,26H,16,18H2,1-2H3,(H,32,34)/b24-17-. The van der Waals surface area contributed by atoms with Crippen LogP contribution in [0.15, 0.2) is 78.9 Å². The number of anilines is 1. The normalized spacial score (nSPS) is 17.5. The molecule has 3 aromatic rings. The molecule has 1 heterocycles. The van der Waals surface area contributed by atoms with Gasteiger partial charge in [-0.3, -0.25) is 0 Å². The summed E-state index contributed by atoms with van der Waals surface area (Å²) in [4.78, 5) is 15.2. The average molecular weight is 465 g/mol. The topological polar surface area (TPSA) is 32.3 Å². The smallest absolute Gasteiger partial charge is 0.313 e. The molecule has 0 aromatic heterocycles. The van der Waals surface area contributed by atoms with Crippen LogP contribution >= 0.6 is 0 Å². The van der Waals surface area contributed by atoms with Crippen molar-refractivity contribution >= 4 is 23.4 Å². The fourth-order valence-corrected chi connectivity index (χ4v) is 4.30. The van der Waals surface area contributed by atoms with Crippen molar-refractivity contribution in [2.75, 3.05) is 5.32 Å². The number of hydrogen-bond acceptors (Lipinski definition) is 1. The fourth-order valence-electron chi connectivity index (χ4n) is 4.30. The van der Waals surface area contributed by atoms with Gasteiger partial charge in [-0.25, -0.2) is 4.79 Å². The highest BCUT2D eigenvalue weighted by Gasteiger charge is 2.33. The van der Waals surface area contributed by atoms with Gasteiger partial charge >= 0.3 is 12.2 Å². The zero-order valence-corrected chi connectivity index (χ0v) is 19.1. The molecule has 1 aliphatic heterocycles. The van der Waals surface area contributed by atoms with Gasteiger partial charge in [0, 0.05) is 17.8 Å². The zero-order valence-electron chi connectivity index (χ0n) is 19.1. The molecule has 0 radical (unpaired) electrons. The molecule has 4 rings (SSSR count). The average Bonchev–Trinajstić information content (AvgIpc) is 2.90. The van der Waals surface area contributed by atoms with E-state index in [0.717, 1.165) is 28.8 Å². The van der Waals surface area contributed by atoms with E-state index in [0.29, 0.717) is 24.2 Å². The number of amides is 2. The van der Waals surface area contributed by atoms with E-state index in [1.54, 1.807) is 0 Å². The molecule has 0 aliphatic carbocycles. The second-order valence-electron chi connectivity index (χ2n) is 8.95. The molecule has 0 spiro atoms. The third-order valence-electron chi connectivity index (χ3n) is 5.93. The fraction of sp³-hybridized carbons (Fsp3) is 0.250. The lowest BCUT2D eigenvalue weighted by molar-refractivity contribution is -0.137. The van der Waals surface area contributed by atoms with Crippen LogP contribution in [-0.4, -0.2) is 17.0 Å². The summed E-state index contributed by atoms with van der Waals surface area (Å²) in [6, 6.07) is 22.0. The third-order valence-corrected chi connectivity index (χ3v) is 5.93. The number of alkyl halides is 3. The van der Waals surface area contributed by atoms with Crippen molar-refractivity contribution in [3.8, 4) is 0 Å². The first-order valence-corrected chi connectivity index (χ1v) is 11.3. The summed E-state index contributed by atoms with van der Waals surface area (Å²) in [7, 11) is 0. The maximum Gasteiger partial charge on any atom is 0.416 e. The number of carbonyl (C=O) groups excluding carboxylic acids is 1. The van der Waals surface area contributed by atoms with Gasteiger partial charge in [-0.1, -0.05) is 74.5 Å². The van der Waals surface area contributed by atoms with Crippen LogP contribution in [0.5, 0.6) is 0 Å². The van der Waals surface area contributed by atoms with E-state index < -0.39 is 11.7 Å². The molecule has 3 aromatic carbocycles. The first-order chi connectivity index (χ1) is 16.2. The minimum absolute atomic E-state index is 0.197. The summed E-state index contributed by atoms with van der Waals surface area (Å²) >= 11 is 0. The van der Waals surface area contributed by atoms with Crippen molar-refractivity contribution in [1.82, 2.24) is 4.90 Å². The number of urea groups is 1. The Morgan fingerprint density at radius 3 is 2.24 bits per heavy atom. The van der Waals surface area contributed by atoms with Gasteiger partial charge in [-0.2, -0.15) is 13.2 Å². The van der Waals surface area contributed by atoms with Crippen molar-refractivity contribution in [2.45, 2.75) is 39.0 Å². The highest BCUT2D eigenvalue weighted by Crippen LogP contribution is 2.38. The molecule has 2 amide bonds. The summed E-state index contributed by atoms with van der Waals surface area (Å²) in [5.41, 5.74) is 3.44. The van der Waals surface area contributed by atoms with E-state index in [4.69, 9.17) is 0 Å². The summed E-state index contributed by atoms with van der Waals surface area (Å²) < 4.78 is 39.2. The summed E-state index contributed by atoms with van der Waals surface area (Å²) in [5.74, 6) is 0.289. The molecule has 0 bridgehead atoms. The second-order valence-corrected chi connectivity index (χ2v) is 8.95. The first-order valence-electron chi connectivity index (χ1n) is 11.3. The summed E-state index contributed by atoms with van der Waals surface area (Å²) in [6.07, 6.45) is -1.77. The predicted octanol–water partition coefficient (Wildman–Crippen LogP) is 7.71. The monoisotopic (exact) mass is 464 g/mol. The van der Waals surface area contributed by atoms with Crippen LogP contribution in [0, 0.1) is 5.92 Å².